The van der Waals surface area contributed by atoms with Crippen molar-refractivity contribution in [1.82, 2.24) is 4.98 Å². The van der Waals surface area contributed by atoms with Gasteiger partial charge in [0.1, 0.15) is 11.5 Å². The van der Waals surface area contributed by atoms with Crippen LogP contribution in [0.5, 0.6) is 0 Å². The highest BCUT2D eigenvalue weighted by atomic mass is 35.5. The zero-order valence-corrected chi connectivity index (χ0v) is 10.8. The molecule has 0 N–H and O–H groups in total. The van der Waals surface area contributed by atoms with Crippen molar-refractivity contribution in [3.8, 4) is 0 Å². The van der Waals surface area contributed by atoms with Crippen LogP contribution in [0.1, 0.15) is 27.2 Å². The standard InChI is InChI=1S/C14H11ClFNO/c1-8-6-9(2)13(17-7-8)14(18)12-10(15)4-3-5-11(12)16/h3-7H,1-2H3. The van der Waals surface area contributed by atoms with Crippen molar-refractivity contribution in [3.05, 3.63) is 63.7 Å². The van der Waals surface area contributed by atoms with Gasteiger partial charge in [-0.15, -0.1) is 0 Å². The third-order valence-corrected chi connectivity index (χ3v) is 2.93. The predicted molar refractivity (Wildman–Crippen MR) is 68.6 cm³/mol. The van der Waals surface area contributed by atoms with Crippen LogP contribution >= 0.6 is 11.6 Å². The summed E-state index contributed by atoms with van der Waals surface area (Å²) in [7, 11) is 0. The lowest BCUT2D eigenvalue weighted by Crippen LogP contribution is -2.09. The Morgan fingerprint density at radius 2 is 2.06 bits per heavy atom. The minimum atomic E-state index is -0.630. The summed E-state index contributed by atoms with van der Waals surface area (Å²) in [5, 5.41) is 0.0989. The molecule has 0 unspecified atom stereocenters. The summed E-state index contributed by atoms with van der Waals surface area (Å²) in [5.41, 5.74) is 1.76. The topological polar surface area (TPSA) is 30.0 Å². The number of nitrogens with zero attached hydrogens (tertiary/aromatic N) is 1. The first-order chi connectivity index (χ1) is 8.50. The zero-order valence-electron chi connectivity index (χ0n) is 10.00. The first kappa shape index (κ1) is 12.7. The molecule has 2 nitrogen and oxygen atoms in total. The van der Waals surface area contributed by atoms with Gasteiger partial charge in [0, 0.05) is 6.20 Å². The second kappa shape index (κ2) is 4.86. The van der Waals surface area contributed by atoms with E-state index < -0.39 is 11.6 Å². The van der Waals surface area contributed by atoms with E-state index in [4.69, 9.17) is 11.6 Å². The number of hydrogen-bond acceptors (Lipinski definition) is 2. The lowest BCUT2D eigenvalue weighted by molar-refractivity contribution is 0.103. The zero-order chi connectivity index (χ0) is 13.3. The lowest BCUT2D eigenvalue weighted by atomic mass is 10.0. The fraction of sp³-hybridized carbons (Fsp3) is 0.143. The Bertz CT molecular complexity index is 605. The van der Waals surface area contributed by atoms with Gasteiger partial charge in [-0.25, -0.2) is 4.39 Å². The molecule has 2 aromatic rings. The molecule has 18 heavy (non-hydrogen) atoms. The quantitative estimate of drug-likeness (QED) is 0.773. The second-order valence-corrected chi connectivity index (χ2v) is 4.51. The Hall–Kier alpha value is -1.74. The monoisotopic (exact) mass is 263 g/mol. The molecular weight excluding hydrogens is 253 g/mol. The SMILES string of the molecule is Cc1cnc(C(=O)c2c(F)cccc2Cl)c(C)c1. The maximum atomic E-state index is 13.7. The molecule has 0 bridgehead atoms. The van der Waals surface area contributed by atoms with Crippen molar-refractivity contribution in [2.45, 2.75) is 13.8 Å². The van der Waals surface area contributed by atoms with Crippen molar-refractivity contribution in [2.75, 3.05) is 0 Å². The van der Waals surface area contributed by atoms with E-state index in [-0.39, 0.29) is 16.3 Å². The van der Waals surface area contributed by atoms with Gasteiger partial charge in [-0.2, -0.15) is 0 Å². The molecule has 0 saturated heterocycles. The lowest BCUT2D eigenvalue weighted by Gasteiger charge is -2.07. The largest absolute Gasteiger partial charge is 0.287 e. The first-order valence-electron chi connectivity index (χ1n) is 5.42. The van der Waals surface area contributed by atoms with E-state index in [9.17, 15) is 9.18 Å². The second-order valence-electron chi connectivity index (χ2n) is 4.10. The van der Waals surface area contributed by atoms with Crippen LogP contribution in [0.25, 0.3) is 0 Å². The molecule has 2 rings (SSSR count). The van der Waals surface area contributed by atoms with Gasteiger partial charge in [-0.1, -0.05) is 23.7 Å². The Morgan fingerprint density at radius 3 is 2.67 bits per heavy atom. The van der Waals surface area contributed by atoms with E-state index in [1.165, 1.54) is 18.2 Å². The maximum absolute atomic E-state index is 13.7. The average molecular weight is 264 g/mol. The molecule has 0 radical (unpaired) electrons. The van der Waals surface area contributed by atoms with E-state index >= 15 is 0 Å². The first-order valence-corrected chi connectivity index (χ1v) is 5.80. The van der Waals surface area contributed by atoms with Crippen molar-refractivity contribution < 1.29 is 9.18 Å². The van der Waals surface area contributed by atoms with Crippen LogP contribution in [0.15, 0.2) is 30.5 Å². The van der Waals surface area contributed by atoms with Crippen molar-refractivity contribution >= 4 is 17.4 Å². The Kier molecular flexibility index (Phi) is 3.43. The van der Waals surface area contributed by atoms with Crippen LogP contribution in [-0.4, -0.2) is 10.8 Å². The van der Waals surface area contributed by atoms with Gasteiger partial charge >= 0.3 is 0 Å². The maximum Gasteiger partial charge on any atom is 0.216 e. The van der Waals surface area contributed by atoms with Crippen molar-refractivity contribution in [2.24, 2.45) is 0 Å². The van der Waals surface area contributed by atoms with E-state index in [1.807, 2.05) is 13.0 Å². The third-order valence-electron chi connectivity index (χ3n) is 2.62. The van der Waals surface area contributed by atoms with Gasteiger partial charge in [0.25, 0.3) is 0 Å². The highest BCUT2D eigenvalue weighted by molar-refractivity contribution is 6.35. The molecule has 0 saturated carbocycles. The molecule has 0 aliphatic rings. The number of pyridine rings is 1. The Morgan fingerprint density at radius 1 is 1.33 bits per heavy atom. The van der Waals surface area contributed by atoms with Gasteiger partial charge in [0.05, 0.1) is 10.6 Å². The van der Waals surface area contributed by atoms with Crippen LogP contribution in [0, 0.1) is 19.7 Å². The Labute approximate surface area is 109 Å². The molecule has 1 heterocycles. The fourth-order valence-electron chi connectivity index (χ4n) is 1.79. The van der Waals surface area contributed by atoms with Gasteiger partial charge in [0.2, 0.25) is 5.78 Å². The van der Waals surface area contributed by atoms with Gasteiger partial charge in [-0.05, 0) is 37.1 Å². The number of aromatic nitrogens is 1. The number of rotatable bonds is 2. The molecule has 1 aromatic heterocycles. The number of hydrogen-bond donors (Lipinski definition) is 0. The van der Waals surface area contributed by atoms with Gasteiger partial charge in [-0.3, -0.25) is 9.78 Å². The van der Waals surface area contributed by atoms with Gasteiger partial charge < -0.3 is 0 Å². The molecule has 0 aliphatic carbocycles. The van der Waals surface area contributed by atoms with Crippen LogP contribution in [0.4, 0.5) is 4.39 Å². The fourth-order valence-corrected chi connectivity index (χ4v) is 2.03. The molecular formula is C14H11ClFNO. The molecule has 1 aromatic carbocycles. The summed E-state index contributed by atoms with van der Waals surface area (Å²) < 4.78 is 13.7. The number of carbonyl (C=O) groups excluding carboxylic acids is 1. The normalized spacial score (nSPS) is 10.4. The summed E-state index contributed by atoms with van der Waals surface area (Å²) in [6, 6.07) is 5.99. The van der Waals surface area contributed by atoms with E-state index in [0.717, 1.165) is 5.56 Å². The average Bonchev–Trinajstić information content (AvgIpc) is 2.28. The van der Waals surface area contributed by atoms with Crippen LogP contribution in [-0.2, 0) is 0 Å². The number of halogens is 2. The van der Waals surface area contributed by atoms with Crippen molar-refractivity contribution in [1.29, 1.82) is 0 Å². The van der Waals surface area contributed by atoms with Gasteiger partial charge in [0.15, 0.2) is 0 Å². The summed E-state index contributed by atoms with van der Waals surface area (Å²) in [6.45, 7) is 3.65. The van der Waals surface area contributed by atoms with E-state index in [1.54, 1.807) is 13.1 Å². The predicted octanol–water partition coefficient (Wildman–Crippen LogP) is 3.72. The highest BCUT2D eigenvalue weighted by Gasteiger charge is 2.20. The number of ketones is 1. The molecule has 0 spiro atoms. The molecule has 0 aliphatic heterocycles. The minimum Gasteiger partial charge on any atom is -0.287 e. The Balaban J connectivity index is 2.55. The molecule has 0 amide bonds. The van der Waals surface area contributed by atoms with E-state index in [0.29, 0.717) is 5.56 Å². The smallest absolute Gasteiger partial charge is 0.216 e. The minimum absolute atomic E-state index is 0.0989. The van der Waals surface area contributed by atoms with E-state index in [2.05, 4.69) is 4.98 Å². The summed E-state index contributed by atoms with van der Waals surface area (Å²) >= 11 is 5.87. The van der Waals surface area contributed by atoms with Crippen LogP contribution in [0.2, 0.25) is 5.02 Å². The molecule has 0 atom stereocenters. The summed E-state index contributed by atoms with van der Waals surface area (Å²) in [6.07, 6.45) is 1.58. The summed E-state index contributed by atoms with van der Waals surface area (Å²) in [5.74, 6) is -1.12. The molecule has 4 heteroatoms. The third kappa shape index (κ3) is 2.27. The number of carbonyl (C=O) groups is 1. The number of aryl methyl sites for hydroxylation is 2. The summed E-state index contributed by atoms with van der Waals surface area (Å²) in [4.78, 5) is 16.3. The van der Waals surface area contributed by atoms with Crippen molar-refractivity contribution in [3.63, 3.8) is 0 Å². The number of benzene rings is 1. The van der Waals surface area contributed by atoms with Crippen LogP contribution in [0.3, 0.4) is 0 Å². The molecule has 92 valence electrons. The highest BCUT2D eigenvalue weighted by Crippen LogP contribution is 2.23. The molecule has 0 fully saturated rings. The van der Waals surface area contributed by atoms with Crippen LogP contribution < -0.4 is 0 Å².